The van der Waals surface area contributed by atoms with Crippen molar-refractivity contribution in [2.45, 2.75) is 25.5 Å². The van der Waals surface area contributed by atoms with E-state index in [1.54, 1.807) is 12.1 Å². The van der Waals surface area contributed by atoms with E-state index in [1.165, 1.54) is 6.92 Å². The number of carboxylic acids is 1. The van der Waals surface area contributed by atoms with Crippen LogP contribution in [0.25, 0.3) is 0 Å². The number of carboxylic acid groups (broad SMARTS) is 1. The molecule has 0 radical (unpaired) electrons. The molecule has 4 N–H and O–H groups in total. The van der Waals surface area contributed by atoms with Gasteiger partial charge in [0, 0.05) is 5.56 Å². The molecule has 6 heteroatoms. The van der Waals surface area contributed by atoms with Crippen LogP contribution in [0.15, 0.2) is 24.3 Å². The van der Waals surface area contributed by atoms with Gasteiger partial charge in [0.05, 0.1) is 6.10 Å². The van der Waals surface area contributed by atoms with Crippen molar-refractivity contribution >= 4 is 11.9 Å². The molecule has 0 bridgehead atoms. The molecule has 0 fully saturated rings. The minimum Gasteiger partial charge on any atom is -0.480 e. The summed E-state index contributed by atoms with van der Waals surface area (Å²) in [5, 5.41) is 23.7. The zero-order valence-corrected chi connectivity index (χ0v) is 11.6. The zero-order valence-electron chi connectivity index (χ0n) is 11.6. The van der Waals surface area contributed by atoms with Crippen LogP contribution in [0.3, 0.4) is 0 Å². The minimum atomic E-state index is -1.32. The monoisotopic (exact) mass is 280 g/mol. The number of aliphatic carboxylic acids is 1. The Kier molecular flexibility index (Phi) is 6.14. The van der Waals surface area contributed by atoms with Crippen LogP contribution in [0.4, 0.5) is 0 Å². The molecule has 1 aromatic carbocycles. The number of benzene rings is 1. The molecule has 1 rings (SSSR count). The van der Waals surface area contributed by atoms with Crippen molar-refractivity contribution in [3.8, 4) is 0 Å². The summed E-state index contributed by atoms with van der Waals surface area (Å²) in [6.07, 6.45) is -0.507. The van der Waals surface area contributed by atoms with Crippen molar-refractivity contribution < 1.29 is 19.8 Å². The second-order valence-corrected chi connectivity index (χ2v) is 4.54. The lowest BCUT2D eigenvalue weighted by Crippen LogP contribution is -2.47. The Balaban J connectivity index is 2.88. The van der Waals surface area contributed by atoms with Gasteiger partial charge >= 0.3 is 5.97 Å². The van der Waals surface area contributed by atoms with Crippen molar-refractivity contribution in [1.29, 1.82) is 0 Å². The summed E-state index contributed by atoms with van der Waals surface area (Å²) in [7, 11) is 1.82. The lowest BCUT2D eigenvalue weighted by atomic mass is 10.0. The fraction of sp³-hybridized carbons (Fsp3) is 0.429. The molecule has 0 saturated heterocycles. The van der Waals surface area contributed by atoms with Crippen molar-refractivity contribution in [3.63, 3.8) is 0 Å². The van der Waals surface area contributed by atoms with Crippen molar-refractivity contribution in [2.75, 3.05) is 13.6 Å². The van der Waals surface area contributed by atoms with E-state index in [9.17, 15) is 14.7 Å². The first-order valence-electron chi connectivity index (χ1n) is 6.41. The summed E-state index contributed by atoms with van der Waals surface area (Å²) in [5.41, 5.74) is 1.25. The summed E-state index contributed by atoms with van der Waals surface area (Å²) in [5.74, 6) is -1.76. The first-order valence-corrected chi connectivity index (χ1v) is 6.41. The first kappa shape index (κ1) is 16.1. The van der Waals surface area contributed by atoms with Crippen molar-refractivity contribution in [2.24, 2.45) is 0 Å². The number of aliphatic hydroxyl groups excluding tert-OH is 1. The van der Waals surface area contributed by atoms with E-state index < -0.39 is 24.0 Å². The van der Waals surface area contributed by atoms with Gasteiger partial charge in [-0.1, -0.05) is 18.2 Å². The van der Waals surface area contributed by atoms with Crippen LogP contribution in [-0.2, 0) is 11.2 Å². The van der Waals surface area contributed by atoms with Gasteiger partial charge in [0.1, 0.15) is 0 Å². The number of hydrogen-bond donors (Lipinski definition) is 4. The number of carbonyl (C=O) groups excluding carboxylic acids is 1. The third kappa shape index (κ3) is 4.32. The standard InChI is InChI=1S/C14H20N2O4/c1-9(17)12(14(19)20)16-13(18)11-6-4-3-5-10(11)7-8-15-2/h3-6,9,12,15,17H,7-8H2,1-2H3,(H,16,18)(H,19,20). The average Bonchev–Trinajstić information content (AvgIpc) is 2.41. The van der Waals surface area contributed by atoms with E-state index in [2.05, 4.69) is 10.6 Å². The van der Waals surface area contributed by atoms with Gasteiger partial charge in [0.15, 0.2) is 6.04 Å². The highest BCUT2D eigenvalue weighted by atomic mass is 16.4. The van der Waals surface area contributed by atoms with Gasteiger partial charge in [-0.3, -0.25) is 4.79 Å². The van der Waals surface area contributed by atoms with E-state index in [4.69, 9.17) is 5.11 Å². The number of amides is 1. The molecule has 0 heterocycles. The number of likely N-dealkylation sites (N-methyl/N-ethyl adjacent to an activating group) is 1. The average molecular weight is 280 g/mol. The summed E-state index contributed by atoms with van der Waals surface area (Å²) in [6.45, 7) is 2.04. The molecule has 0 aliphatic rings. The Morgan fingerprint density at radius 3 is 2.50 bits per heavy atom. The van der Waals surface area contributed by atoms with E-state index in [0.29, 0.717) is 18.5 Å². The third-order valence-corrected chi connectivity index (χ3v) is 2.94. The Hall–Kier alpha value is -1.92. The largest absolute Gasteiger partial charge is 0.480 e. The topological polar surface area (TPSA) is 98.7 Å². The minimum absolute atomic E-state index is 0.426. The van der Waals surface area contributed by atoms with E-state index in [-0.39, 0.29) is 0 Å². The molecule has 20 heavy (non-hydrogen) atoms. The number of rotatable bonds is 7. The fourth-order valence-electron chi connectivity index (χ4n) is 1.83. The first-order chi connectivity index (χ1) is 9.47. The van der Waals surface area contributed by atoms with E-state index in [1.807, 2.05) is 19.2 Å². The van der Waals surface area contributed by atoms with Gasteiger partial charge in [-0.15, -0.1) is 0 Å². The molecule has 2 unspecified atom stereocenters. The molecule has 110 valence electrons. The van der Waals surface area contributed by atoms with Crippen LogP contribution in [0.5, 0.6) is 0 Å². The quantitative estimate of drug-likeness (QED) is 0.564. The molecular formula is C14H20N2O4. The van der Waals surface area contributed by atoms with Crippen molar-refractivity contribution in [3.05, 3.63) is 35.4 Å². The molecule has 1 amide bonds. The highest BCUT2D eigenvalue weighted by Crippen LogP contribution is 2.10. The highest BCUT2D eigenvalue weighted by molar-refractivity contribution is 5.98. The molecule has 0 aliphatic carbocycles. The molecule has 1 aromatic rings. The maximum atomic E-state index is 12.1. The van der Waals surface area contributed by atoms with E-state index in [0.717, 1.165) is 5.56 Å². The lowest BCUT2D eigenvalue weighted by Gasteiger charge is -2.18. The molecule has 6 nitrogen and oxygen atoms in total. The summed E-state index contributed by atoms with van der Waals surface area (Å²) < 4.78 is 0. The van der Waals surface area contributed by atoms with Crippen molar-refractivity contribution in [1.82, 2.24) is 10.6 Å². The molecule has 0 saturated carbocycles. The lowest BCUT2D eigenvalue weighted by molar-refractivity contribution is -0.141. The Labute approximate surface area is 117 Å². The SMILES string of the molecule is CNCCc1ccccc1C(=O)NC(C(=O)O)C(C)O. The summed E-state index contributed by atoms with van der Waals surface area (Å²) in [4.78, 5) is 23.1. The van der Waals surface area contributed by atoms with Crippen LogP contribution in [0.2, 0.25) is 0 Å². The van der Waals surface area contributed by atoms with E-state index >= 15 is 0 Å². The summed E-state index contributed by atoms with van der Waals surface area (Å²) in [6, 6.07) is 5.69. The normalized spacial score (nSPS) is 13.6. The van der Waals surface area contributed by atoms with Crippen LogP contribution in [0, 0.1) is 0 Å². The Morgan fingerprint density at radius 2 is 1.95 bits per heavy atom. The van der Waals surface area contributed by atoms with Gasteiger partial charge in [-0.05, 0) is 38.6 Å². The van der Waals surface area contributed by atoms with Crippen LogP contribution >= 0.6 is 0 Å². The number of nitrogens with one attached hydrogen (secondary N) is 2. The Bertz CT molecular complexity index is 474. The van der Waals surface area contributed by atoms with Gasteiger partial charge in [0.25, 0.3) is 5.91 Å². The smallest absolute Gasteiger partial charge is 0.328 e. The zero-order chi connectivity index (χ0) is 15.1. The maximum Gasteiger partial charge on any atom is 0.328 e. The number of aliphatic hydroxyl groups is 1. The molecule has 0 aliphatic heterocycles. The second kappa shape index (κ2) is 7.62. The van der Waals surface area contributed by atoms with Crippen LogP contribution < -0.4 is 10.6 Å². The van der Waals surface area contributed by atoms with Gasteiger partial charge in [-0.25, -0.2) is 4.79 Å². The maximum absolute atomic E-state index is 12.1. The second-order valence-electron chi connectivity index (χ2n) is 4.54. The number of hydrogen-bond acceptors (Lipinski definition) is 4. The summed E-state index contributed by atoms with van der Waals surface area (Å²) >= 11 is 0. The third-order valence-electron chi connectivity index (χ3n) is 2.94. The molecule has 0 aromatic heterocycles. The highest BCUT2D eigenvalue weighted by Gasteiger charge is 2.26. The fourth-order valence-corrected chi connectivity index (χ4v) is 1.83. The number of carbonyl (C=O) groups is 2. The van der Waals surface area contributed by atoms with Crippen LogP contribution in [-0.4, -0.2) is 47.8 Å². The van der Waals surface area contributed by atoms with Gasteiger partial charge in [0.2, 0.25) is 0 Å². The molecular weight excluding hydrogens is 260 g/mol. The molecule has 0 spiro atoms. The molecule has 2 atom stereocenters. The predicted molar refractivity (Wildman–Crippen MR) is 74.6 cm³/mol. The van der Waals surface area contributed by atoms with Gasteiger partial charge < -0.3 is 20.8 Å². The predicted octanol–water partition coefficient (Wildman–Crippen LogP) is 0.0123. The Morgan fingerprint density at radius 1 is 1.30 bits per heavy atom. The van der Waals surface area contributed by atoms with Gasteiger partial charge in [-0.2, -0.15) is 0 Å². The van der Waals surface area contributed by atoms with Crippen LogP contribution in [0.1, 0.15) is 22.8 Å².